The van der Waals surface area contributed by atoms with Crippen molar-refractivity contribution < 1.29 is 19.2 Å². The maximum Gasteiger partial charge on any atom is 0.418 e. The Balaban J connectivity index is 3.40. The number of carbonyl (C=O) groups excluding carboxylic acids is 1. The van der Waals surface area contributed by atoms with E-state index < -0.39 is 12.2 Å². The predicted molar refractivity (Wildman–Crippen MR) is 27.4 cm³/mol. The quantitative estimate of drug-likeness (QED) is 0.467. The van der Waals surface area contributed by atoms with Gasteiger partial charge < -0.3 is 9.63 Å². The number of hydrogen-bond donors (Lipinski definition) is 2. The third kappa shape index (κ3) is 3.36. The summed E-state index contributed by atoms with van der Waals surface area (Å²) in [5.41, 5.74) is 0. The molecule has 0 aliphatic rings. The highest BCUT2D eigenvalue weighted by Crippen LogP contribution is 1.83. The first-order chi connectivity index (χ1) is 3.66. The Kier molecular flexibility index (Phi) is 2.88. The minimum atomic E-state index is -1.43. The highest BCUT2D eigenvalue weighted by Gasteiger charge is 2.01. The topological polar surface area (TPSA) is 75.6 Å². The molecule has 0 saturated carbocycles. The molecular weight excluding hydrogens is 133 g/mol. The number of rotatable bonds is 0. The van der Waals surface area contributed by atoms with Crippen LogP contribution in [0.4, 0.5) is 9.59 Å². The monoisotopic (exact) mass is 137 g/mol. The fraction of sp³-hybridized carbons (Fsp3) is 0. The molecule has 1 unspecified atom stereocenters. The number of carbonyl (C=O) groups is 2. The van der Waals surface area contributed by atoms with Gasteiger partial charge in [0.2, 0.25) is 0 Å². The first kappa shape index (κ1) is 7.17. The van der Waals surface area contributed by atoms with Gasteiger partial charge in [-0.05, 0) is 0 Å². The molecule has 0 heterocycles. The van der Waals surface area contributed by atoms with Gasteiger partial charge in [0.1, 0.15) is 0 Å². The van der Waals surface area contributed by atoms with Gasteiger partial charge in [0.15, 0.2) is 0 Å². The van der Waals surface area contributed by atoms with E-state index in [2.05, 4.69) is 4.52 Å². The van der Waals surface area contributed by atoms with Crippen LogP contribution in [0.5, 0.6) is 0 Å². The van der Waals surface area contributed by atoms with Crippen LogP contribution in [0.25, 0.3) is 0 Å². The third-order valence-electron chi connectivity index (χ3n) is 0.316. The Morgan fingerprint density at radius 3 is 2.25 bits per heavy atom. The van der Waals surface area contributed by atoms with E-state index in [0.717, 1.165) is 0 Å². The summed E-state index contributed by atoms with van der Waals surface area (Å²) in [5, 5.41) is 9.22. The number of carboxylic acid groups (broad SMARTS) is 1. The summed E-state index contributed by atoms with van der Waals surface area (Å²) < 4.78 is 3.85. The Morgan fingerprint density at radius 2 is 2.12 bits per heavy atom. The molecule has 2 amide bonds. The van der Waals surface area contributed by atoms with Crippen molar-refractivity contribution in [2.45, 2.75) is 0 Å². The van der Waals surface area contributed by atoms with E-state index in [1.807, 2.05) is 0 Å². The molecule has 0 aromatic rings. The molecule has 0 fully saturated rings. The van der Waals surface area contributed by atoms with Gasteiger partial charge in [0.25, 0.3) is 0 Å². The van der Waals surface area contributed by atoms with E-state index in [4.69, 9.17) is 5.11 Å². The van der Waals surface area contributed by atoms with Crippen LogP contribution in [-0.4, -0.2) is 17.3 Å². The van der Waals surface area contributed by atoms with Crippen molar-refractivity contribution in [3.63, 3.8) is 0 Å². The lowest BCUT2D eigenvalue weighted by Gasteiger charge is -1.92. The molecule has 0 spiro atoms. The van der Waals surface area contributed by atoms with E-state index >= 15 is 0 Å². The number of imide groups is 1. The van der Waals surface area contributed by atoms with Crippen molar-refractivity contribution in [3.05, 3.63) is 0 Å². The largest absolute Gasteiger partial charge is 0.465 e. The lowest BCUT2D eigenvalue weighted by atomic mass is 11.0. The summed E-state index contributed by atoms with van der Waals surface area (Å²) >= 11 is 0. The molecule has 0 aliphatic heterocycles. The molecule has 0 rings (SSSR count). The van der Waals surface area contributed by atoms with Crippen LogP contribution >= 0.6 is 9.47 Å². The van der Waals surface area contributed by atoms with Crippen molar-refractivity contribution >= 4 is 21.7 Å². The zero-order chi connectivity index (χ0) is 6.57. The van der Waals surface area contributed by atoms with Gasteiger partial charge in [0.05, 0.1) is 9.47 Å². The summed E-state index contributed by atoms with van der Waals surface area (Å²) in [6.07, 6.45) is -2.44. The molecule has 1 atom stereocenters. The van der Waals surface area contributed by atoms with Gasteiger partial charge in [-0.25, -0.2) is 14.9 Å². The second kappa shape index (κ2) is 3.21. The molecule has 6 heteroatoms. The molecule has 0 aliphatic carbocycles. The second-order valence-electron chi connectivity index (χ2n) is 0.835. The Morgan fingerprint density at radius 1 is 1.62 bits per heavy atom. The normalized spacial score (nSPS) is 7.62. The van der Waals surface area contributed by atoms with Crippen LogP contribution in [0, 0.1) is 0 Å². The SMILES string of the molecule is O=C(O)NC(=O)OP. The molecule has 0 bridgehead atoms. The van der Waals surface area contributed by atoms with Crippen molar-refractivity contribution in [3.8, 4) is 0 Å². The van der Waals surface area contributed by atoms with Gasteiger partial charge in [-0.3, -0.25) is 0 Å². The standard InChI is InChI=1S/C2H4NO4P/c4-1(5)3-2(6)7-8/h8H2,(H,3,6)(H,4,5). The van der Waals surface area contributed by atoms with Gasteiger partial charge in [-0.15, -0.1) is 0 Å². The molecule has 0 aromatic heterocycles. The van der Waals surface area contributed by atoms with E-state index in [-0.39, 0.29) is 0 Å². The van der Waals surface area contributed by atoms with Crippen molar-refractivity contribution in [1.29, 1.82) is 0 Å². The molecule has 0 saturated heterocycles. The summed E-state index contributed by atoms with van der Waals surface area (Å²) in [6, 6.07) is 0. The Hall–Kier alpha value is -0.830. The molecule has 0 aromatic carbocycles. The van der Waals surface area contributed by atoms with Crippen molar-refractivity contribution in [2.24, 2.45) is 0 Å². The van der Waals surface area contributed by atoms with Gasteiger partial charge in [0, 0.05) is 0 Å². The number of amides is 2. The van der Waals surface area contributed by atoms with E-state index in [0.29, 0.717) is 0 Å². The zero-order valence-electron chi connectivity index (χ0n) is 3.75. The Labute approximate surface area is 47.3 Å². The summed E-state index contributed by atoms with van der Waals surface area (Å²) in [6.45, 7) is 0. The minimum absolute atomic E-state index is 1.01. The summed E-state index contributed by atoms with van der Waals surface area (Å²) in [7, 11) is 1.61. The third-order valence-corrected chi connectivity index (χ3v) is 0.530. The predicted octanol–water partition coefficient (Wildman–Crippen LogP) is 0.181. The highest BCUT2D eigenvalue weighted by atomic mass is 31.0. The molecule has 8 heavy (non-hydrogen) atoms. The van der Waals surface area contributed by atoms with E-state index in [9.17, 15) is 9.59 Å². The van der Waals surface area contributed by atoms with Crippen molar-refractivity contribution in [1.82, 2.24) is 5.32 Å². The lowest BCUT2D eigenvalue weighted by Crippen LogP contribution is -2.26. The fourth-order valence-electron chi connectivity index (χ4n) is 0.117. The average molecular weight is 137 g/mol. The number of hydrogen-bond acceptors (Lipinski definition) is 3. The van der Waals surface area contributed by atoms with Crippen LogP contribution in [0.3, 0.4) is 0 Å². The molecule has 46 valence electrons. The molecule has 5 nitrogen and oxygen atoms in total. The first-order valence-electron chi connectivity index (χ1n) is 1.57. The highest BCUT2D eigenvalue weighted by molar-refractivity contribution is 7.10. The maximum absolute atomic E-state index is 9.89. The van der Waals surface area contributed by atoms with Gasteiger partial charge in [-0.2, -0.15) is 0 Å². The summed E-state index contributed by atoms with van der Waals surface area (Å²) in [4.78, 5) is 19.4. The average Bonchev–Trinajstić information content (AvgIpc) is 1.65. The second-order valence-corrected chi connectivity index (χ2v) is 1.07. The van der Waals surface area contributed by atoms with Gasteiger partial charge >= 0.3 is 12.2 Å². The van der Waals surface area contributed by atoms with Crippen LogP contribution in [0.15, 0.2) is 0 Å². The van der Waals surface area contributed by atoms with Gasteiger partial charge in [-0.1, -0.05) is 0 Å². The minimum Gasteiger partial charge on any atom is -0.465 e. The van der Waals surface area contributed by atoms with E-state index in [1.165, 1.54) is 5.32 Å². The van der Waals surface area contributed by atoms with E-state index in [1.54, 1.807) is 9.47 Å². The summed E-state index contributed by atoms with van der Waals surface area (Å²) in [5.74, 6) is 0. The molecular formula is C2H4NO4P. The maximum atomic E-state index is 9.89. The van der Waals surface area contributed by atoms with Crippen molar-refractivity contribution in [2.75, 3.05) is 0 Å². The number of nitrogens with one attached hydrogen (secondary N) is 1. The zero-order valence-corrected chi connectivity index (χ0v) is 4.90. The van der Waals surface area contributed by atoms with Crippen LogP contribution in [-0.2, 0) is 4.52 Å². The van der Waals surface area contributed by atoms with Crippen LogP contribution in [0.1, 0.15) is 0 Å². The first-order valence-corrected chi connectivity index (χ1v) is 2.04. The van der Waals surface area contributed by atoms with Crippen LogP contribution in [0.2, 0.25) is 0 Å². The molecule has 2 N–H and O–H groups in total. The molecule has 0 radical (unpaired) electrons. The van der Waals surface area contributed by atoms with Crippen LogP contribution < -0.4 is 5.32 Å². The lowest BCUT2D eigenvalue weighted by molar-refractivity contribution is 0.181. The fourth-order valence-corrected chi connectivity index (χ4v) is 0.176. The smallest absolute Gasteiger partial charge is 0.418 e. The Bertz CT molecular complexity index is 113.